The van der Waals surface area contributed by atoms with Crippen LogP contribution in [-0.4, -0.2) is 43.2 Å². The number of carbonyl (C=O) groups excluding carboxylic acids is 1. The van der Waals surface area contributed by atoms with Crippen LogP contribution in [0.25, 0.3) is 0 Å². The Morgan fingerprint density at radius 2 is 2.00 bits per heavy atom. The van der Waals surface area contributed by atoms with E-state index in [1.807, 2.05) is 26.0 Å². The van der Waals surface area contributed by atoms with E-state index in [1.165, 1.54) is 0 Å². The average Bonchev–Trinajstić information content (AvgIpc) is 2.44. The number of Topliss-reactive ketones (excluding diaryl/α,β-unsaturated/α-hetero) is 1. The normalized spacial score (nSPS) is 12.1. The Bertz CT molecular complexity index is 499. The van der Waals surface area contributed by atoms with Crippen LogP contribution in [0.2, 0.25) is 0 Å². The van der Waals surface area contributed by atoms with Gasteiger partial charge < -0.3 is 15.2 Å². The van der Waals surface area contributed by atoms with Gasteiger partial charge in [-0.3, -0.25) is 9.59 Å². The number of aliphatic carboxylic acids is 1. The molecule has 2 N–H and O–H groups in total. The predicted molar refractivity (Wildman–Crippen MR) is 80.8 cm³/mol. The SMILES string of the molecule is COCCCNC(CC(=O)O)C(=O)c1ccc(C)c(C)c1. The van der Waals surface area contributed by atoms with Crippen molar-refractivity contribution in [2.45, 2.75) is 32.7 Å². The van der Waals surface area contributed by atoms with Gasteiger partial charge in [0.1, 0.15) is 0 Å². The van der Waals surface area contributed by atoms with Crippen molar-refractivity contribution in [1.82, 2.24) is 5.32 Å². The molecular weight excluding hydrogens is 270 g/mol. The summed E-state index contributed by atoms with van der Waals surface area (Å²) < 4.78 is 4.94. The topological polar surface area (TPSA) is 75.6 Å². The summed E-state index contributed by atoms with van der Waals surface area (Å²) in [5.74, 6) is -1.17. The van der Waals surface area contributed by atoms with Gasteiger partial charge in [-0.15, -0.1) is 0 Å². The molecule has 0 aliphatic heterocycles. The van der Waals surface area contributed by atoms with Gasteiger partial charge in [0.05, 0.1) is 12.5 Å². The number of hydrogen-bond donors (Lipinski definition) is 2. The molecule has 1 atom stereocenters. The molecule has 1 rings (SSSR count). The van der Waals surface area contributed by atoms with E-state index in [9.17, 15) is 9.59 Å². The van der Waals surface area contributed by atoms with Gasteiger partial charge in [0.15, 0.2) is 5.78 Å². The number of methoxy groups -OCH3 is 1. The van der Waals surface area contributed by atoms with Crippen molar-refractivity contribution in [3.63, 3.8) is 0 Å². The third-order valence-corrected chi connectivity index (χ3v) is 3.40. The van der Waals surface area contributed by atoms with Crippen molar-refractivity contribution in [2.24, 2.45) is 0 Å². The highest BCUT2D eigenvalue weighted by atomic mass is 16.5. The molecule has 0 saturated carbocycles. The summed E-state index contributed by atoms with van der Waals surface area (Å²) in [5.41, 5.74) is 2.67. The van der Waals surface area contributed by atoms with Crippen LogP contribution in [0.15, 0.2) is 18.2 Å². The number of benzene rings is 1. The zero-order valence-electron chi connectivity index (χ0n) is 12.8. The molecule has 0 heterocycles. The second-order valence-corrected chi connectivity index (χ2v) is 5.11. The molecular formula is C16H23NO4. The van der Waals surface area contributed by atoms with Gasteiger partial charge in [-0.2, -0.15) is 0 Å². The minimum atomic E-state index is -0.989. The highest BCUT2D eigenvalue weighted by molar-refractivity contribution is 6.01. The Morgan fingerprint density at radius 1 is 1.29 bits per heavy atom. The van der Waals surface area contributed by atoms with Crippen LogP contribution in [0.4, 0.5) is 0 Å². The maximum atomic E-state index is 12.5. The standard InChI is InChI=1S/C16H23NO4/c1-11-5-6-13(9-12(11)2)16(20)14(10-15(18)19)17-7-4-8-21-3/h5-6,9,14,17H,4,7-8,10H2,1-3H3,(H,18,19). The molecule has 0 aliphatic carbocycles. The van der Waals surface area contributed by atoms with E-state index in [0.717, 1.165) is 17.5 Å². The van der Waals surface area contributed by atoms with Crippen LogP contribution < -0.4 is 5.32 Å². The fraction of sp³-hybridized carbons (Fsp3) is 0.500. The Kier molecular flexibility index (Phi) is 7.05. The first kappa shape index (κ1) is 17.3. The predicted octanol–water partition coefficient (Wildman–Crippen LogP) is 1.96. The fourth-order valence-electron chi connectivity index (χ4n) is 2.02. The van der Waals surface area contributed by atoms with Crippen molar-refractivity contribution in [3.8, 4) is 0 Å². The number of nitrogens with one attached hydrogen (secondary N) is 1. The van der Waals surface area contributed by atoms with Crippen molar-refractivity contribution in [1.29, 1.82) is 0 Å². The van der Waals surface area contributed by atoms with Crippen LogP contribution in [0.1, 0.15) is 34.3 Å². The summed E-state index contributed by atoms with van der Waals surface area (Å²) in [6, 6.07) is 4.73. The van der Waals surface area contributed by atoms with Crippen LogP contribution in [-0.2, 0) is 9.53 Å². The van der Waals surface area contributed by atoms with Gasteiger partial charge in [-0.25, -0.2) is 0 Å². The number of hydrogen-bond acceptors (Lipinski definition) is 4. The minimum Gasteiger partial charge on any atom is -0.481 e. The molecule has 0 aromatic heterocycles. The largest absolute Gasteiger partial charge is 0.481 e. The van der Waals surface area contributed by atoms with Gasteiger partial charge >= 0.3 is 5.97 Å². The molecule has 1 unspecified atom stereocenters. The zero-order chi connectivity index (χ0) is 15.8. The lowest BCUT2D eigenvalue weighted by Crippen LogP contribution is -2.39. The van der Waals surface area contributed by atoms with Gasteiger partial charge in [0.2, 0.25) is 0 Å². The molecule has 0 bridgehead atoms. The highest BCUT2D eigenvalue weighted by Crippen LogP contribution is 2.13. The van der Waals surface area contributed by atoms with Crippen molar-refractivity contribution >= 4 is 11.8 Å². The molecule has 0 amide bonds. The number of rotatable bonds is 9. The molecule has 0 spiro atoms. The first-order valence-corrected chi connectivity index (χ1v) is 7.01. The van der Waals surface area contributed by atoms with Crippen LogP contribution in [0, 0.1) is 13.8 Å². The quantitative estimate of drug-likeness (QED) is 0.537. The molecule has 5 heteroatoms. The number of carboxylic acid groups (broad SMARTS) is 1. The molecule has 5 nitrogen and oxygen atoms in total. The van der Waals surface area contributed by atoms with Crippen LogP contribution in [0.3, 0.4) is 0 Å². The number of aryl methyl sites for hydroxylation is 2. The monoisotopic (exact) mass is 293 g/mol. The van der Waals surface area contributed by atoms with Crippen molar-refractivity contribution in [3.05, 3.63) is 34.9 Å². The number of ketones is 1. The zero-order valence-corrected chi connectivity index (χ0v) is 12.8. The van der Waals surface area contributed by atoms with E-state index < -0.39 is 12.0 Å². The second-order valence-electron chi connectivity index (χ2n) is 5.11. The van der Waals surface area contributed by atoms with E-state index in [4.69, 9.17) is 9.84 Å². The maximum absolute atomic E-state index is 12.5. The van der Waals surface area contributed by atoms with E-state index in [1.54, 1.807) is 13.2 Å². The fourth-order valence-corrected chi connectivity index (χ4v) is 2.02. The molecule has 1 aromatic rings. The summed E-state index contributed by atoms with van der Waals surface area (Å²) in [7, 11) is 1.61. The first-order valence-electron chi connectivity index (χ1n) is 7.01. The van der Waals surface area contributed by atoms with Crippen molar-refractivity contribution in [2.75, 3.05) is 20.3 Å². The smallest absolute Gasteiger partial charge is 0.305 e. The summed E-state index contributed by atoms with van der Waals surface area (Å²) in [4.78, 5) is 23.4. The molecule has 0 fully saturated rings. The van der Waals surface area contributed by atoms with Gasteiger partial charge in [-0.1, -0.05) is 12.1 Å². The van der Waals surface area contributed by atoms with E-state index in [-0.39, 0.29) is 12.2 Å². The van der Waals surface area contributed by atoms with Gasteiger partial charge in [0, 0.05) is 19.3 Å². The Labute approximate surface area is 125 Å². The third-order valence-electron chi connectivity index (χ3n) is 3.40. The minimum absolute atomic E-state index is 0.182. The number of carboxylic acids is 1. The number of ether oxygens (including phenoxy) is 1. The first-order chi connectivity index (χ1) is 9.95. The Hall–Kier alpha value is -1.72. The lowest BCUT2D eigenvalue weighted by molar-refractivity contribution is -0.137. The number of carbonyl (C=O) groups is 2. The van der Waals surface area contributed by atoms with E-state index in [0.29, 0.717) is 18.7 Å². The van der Waals surface area contributed by atoms with E-state index >= 15 is 0 Å². The van der Waals surface area contributed by atoms with E-state index in [2.05, 4.69) is 5.32 Å². The third kappa shape index (κ3) is 5.65. The molecule has 21 heavy (non-hydrogen) atoms. The molecule has 0 radical (unpaired) electrons. The maximum Gasteiger partial charge on any atom is 0.305 e. The summed E-state index contributed by atoms with van der Waals surface area (Å²) in [5, 5.41) is 12.0. The highest BCUT2D eigenvalue weighted by Gasteiger charge is 2.22. The lowest BCUT2D eigenvalue weighted by atomic mass is 9.98. The molecule has 0 saturated heterocycles. The summed E-state index contributed by atoms with van der Waals surface area (Å²) in [6.45, 7) is 5.03. The average molecular weight is 293 g/mol. The molecule has 116 valence electrons. The molecule has 0 aliphatic rings. The van der Waals surface area contributed by atoms with Crippen molar-refractivity contribution < 1.29 is 19.4 Å². The Morgan fingerprint density at radius 3 is 2.57 bits per heavy atom. The van der Waals surface area contributed by atoms with Crippen LogP contribution in [0.5, 0.6) is 0 Å². The lowest BCUT2D eigenvalue weighted by Gasteiger charge is -2.16. The Balaban J connectivity index is 2.78. The summed E-state index contributed by atoms with van der Waals surface area (Å²) in [6.07, 6.45) is 0.506. The molecule has 1 aromatic carbocycles. The summed E-state index contributed by atoms with van der Waals surface area (Å²) >= 11 is 0. The van der Waals surface area contributed by atoms with Gasteiger partial charge in [0.25, 0.3) is 0 Å². The van der Waals surface area contributed by atoms with Gasteiger partial charge in [-0.05, 0) is 44.0 Å². The van der Waals surface area contributed by atoms with Crippen LogP contribution >= 0.6 is 0 Å². The second kappa shape index (κ2) is 8.54.